The molecule has 0 atom stereocenters. The summed E-state index contributed by atoms with van der Waals surface area (Å²) in [5.74, 6) is 0. The van der Waals surface area contributed by atoms with Crippen molar-refractivity contribution in [2.24, 2.45) is 0 Å². The maximum atomic E-state index is 8.34. The van der Waals surface area contributed by atoms with Gasteiger partial charge in [-0.1, -0.05) is 37.6 Å². The predicted octanol–water partition coefficient (Wildman–Crippen LogP) is 4.14. The zero-order valence-electron chi connectivity index (χ0n) is 8.45. The summed E-state index contributed by atoms with van der Waals surface area (Å²) in [6.07, 6.45) is 17.0. The van der Waals surface area contributed by atoms with Crippen LogP contribution in [-0.4, -0.2) is 5.11 Å². The molecular weight excluding hydrogens is 160 g/mol. The summed E-state index contributed by atoms with van der Waals surface area (Å²) in [4.78, 5) is 0. The van der Waals surface area contributed by atoms with Crippen LogP contribution in [0.2, 0.25) is 0 Å². The van der Waals surface area contributed by atoms with E-state index in [0.717, 1.165) is 25.5 Å². The maximum Gasteiger partial charge on any atom is 0.0754 e. The second-order valence-electron chi connectivity index (χ2n) is 2.93. The summed E-state index contributed by atoms with van der Waals surface area (Å²) in [7, 11) is 0. The normalized spacial score (nSPS) is 12.4. The molecule has 0 rings (SSSR count). The van der Waals surface area contributed by atoms with Gasteiger partial charge in [-0.3, -0.25) is 0 Å². The topological polar surface area (TPSA) is 20.2 Å². The average molecular weight is 180 g/mol. The van der Waals surface area contributed by atoms with E-state index in [1.165, 1.54) is 12.8 Å². The van der Waals surface area contributed by atoms with E-state index >= 15 is 0 Å². The van der Waals surface area contributed by atoms with Gasteiger partial charge in [-0.15, -0.1) is 0 Å². The Morgan fingerprint density at radius 3 is 2.08 bits per heavy atom. The van der Waals surface area contributed by atoms with E-state index in [-0.39, 0.29) is 0 Å². The minimum Gasteiger partial charge on any atom is -0.516 e. The first kappa shape index (κ1) is 12.0. The van der Waals surface area contributed by atoms with Gasteiger partial charge in [0.2, 0.25) is 0 Å². The monoisotopic (exact) mass is 180 g/mol. The van der Waals surface area contributed by atoms with Crippen molar-refractivity contribution in [3.8, 4) is 0 Å². The molecule has 0 saturated carbocycles. The minimum atomic E-state index is 0.829. The maximum absolute atomic E-state index is 8.34. The highest BCUT2D eigenvalue weighted by atomic mass is 16.2. The summed E-state index contributed by atoms with van der Waals surface area (Å²) in [6.45, 7) is 2.19. The molecule has 74 valence electrons. The molecule has 0 unspecified atom stereocenters. The van der Waals surface area contributed by atoms with Crippen molar-refractivity contribution in [2.75, 3.05) is 0 Å². The molecule has 1 nitrogen and oxygen atoms in total. The summed E-state index contributed by atoms with van der Waals surface area (Å²) in [5, 5.41) is 8.34. The third kappa shape index (κ3) is 11.0. The minimum absolute atomic E-state index is 0.829. The van der Waals surface area contributed by atoms with Crippen molar-refractivity contribution in [3.05, 3.63) is 36.6 Å². The zero-order valence-corrected chi connectivity index (χ0v) is 8.45. The molecule has 0 aliphatic heterocycles. The van der Waals surface area contributed by atoms with Gasteiger partial charge < -0.3 is 5.11 Å². The molecule has 0 aliphatic rings. The highest BCUT2D eigenvalue weighted by Crippen LogP contribution is 1.97. The quantitative estimate of drug-likeness (QED) is 0.354. The molecule has 0 spiro atoms. The van der Waals surface area contributed by atoms with Gasteiger partial charge in [-0.2, -0.15) is 0 Å². The fourth-order valence-corrected chi connectivity index (χ4v) is 0.948. The van der Waals surface area contributed by atoms with Gasteiger partial charge >= 0.3 is 0 Å². The van der Waals surface area contributed by atoms with Gasteiger partial charge in [0, 0.05) is 0 Å². The third-order valence-electron chi connectivity index (χ3n) is 1.67. The molecule has 0 amide bonds. The van der Waals surface area contributed by atoms with E-state index in [1.54, 1.807) is 6.08 Å². The Bertz CT molecular complexity index is 166. The van der Waals surface area contributed by atoms with E-state index in [2.05, 4.69) is 31.2 Å². The number of rotatable bonds is 7. The molecule has 0 fully saturated rings. The fourth-order valence-electron chi connectivity index (χ4n) is 0.948. The van der Waals surface area contributed by atoms with Gasteiger partial charge in [0.1, 0.15) is 0 Å². The molecule has 0 aromatic rings. The van der Waals surface area contributed by atoms with Gasteiger partial charge in [0.15, 0.2) is 0 Å². The summed E-state index contributed by atoms with van der Waals surface area (Å²) >= 11 is 0. The van der Waals surface area contributed by atoms with E-state index in [0.29, 0.717) is 0 Å². The molecule has 1 heteroatoms. The van der Waals surface area contributed by atoms with Crippen molar-refractivity contribution in [1.29, 1.82) is 0 Å². The van der Waals surface area contributed by atoms with Crippen LogP contribution in [0.3, 0.4) is 0 Å². The Morgan fingerprint density at radius 1 is 0.846 bits per heavy atom. The molecule has 0 bridgehead atoms. The highest BCUT2D eigenvalue weighted by molar-refractivity contribution is 4.92. The van der Waals surface area contributed by atoms with Crippen molar-refractivity contribution >= 4 is 0 Å². The first-order chi connectivity index (χ1) is 6.41. The smallest absolute Gasteiger partial charge is 0.0754 e. The molecule has 0 aromatic heterocycles. The lowest BCUT2D eigenvalue weighted by Gasteiger charge is -1.87. The van der Waals surface area contributed by atoms with Crippen molar-refractivity contribution < 1.29 is 5.11 Å². The van der Waals surface area contributed by atoms with Crippen molar-refractivity contribution in [2.45, 2.75) is 39.0 Å². The van der Waals surface area contributed by atoms with E-state index in [1.807, 2.05) is 0 Å². The Kier molecular flexibility index (Phi) is 10.2. The first-order valence-corrected chi connectivity index (χ1v) is 5.01. The van der Waals surface area contributed by atoms with Crippen molar-refractivity contribution in [3.63, 3.8) is 0 Å². The molecule has 0 heterocycles. The van der Waals surface area contributed by atoms with Gasteiger partial charge in [0.25, 0.3) is 0 Å². The molecule has 1 N–H and O–H groups in total. The number of hydrogen-bond donors (Lipinski definition) is 1. The molecule has 0 aliphatic carbocycles. The molecule has 0 saturated heterocycles. The lowest BCUT2D eigenvalue weighted by molar-refractivity contribution is 0.471. The van der Waals surface area contributed by atoms with Crippen LogP contribution in [0.15, 0.2) is 36.6 Å². The van der Waals surface area contributed by atoms with Crippen LogP contribution >= 0.6 is 0 Å². The number of aliphatic hydroxyl groups is 1. The van der Waals surface area contributed by atoms with Gasteiger partial charge in [-0.05, 0) is 31.8 Å². The standard InChI is InChI=1S/C12H20O/c1-2-3-4-5-6-7-8-9-10-11-12-13/h4-5,8-9,11-13H,2-3,6-7,10H2,1H3. The lowest BCUT2D eigenvalue weighted by atomic mass is 10.2. The summed E-state index contributed by atoms with van der Waals surface area (Å²) < 4.78 is 0. The van der Waals surface area contributed by atoms with Crippen LogP contribution in [0.1, 0.15) is 39.0 Å². The number of allylic oxidation sites excluding steroid dienone is 5. The van der Waals surface area contributed by atoms with Gasteiger partial charge in [0.05, 0.1) is 6.26 Å². The van der Waals surface area contributed by atoms with E-state index < -0.39 is 0 Å². The van der Waals surface area contributed by atoms with Crippen LogP contribution in [0.4, 0.5) is 0 Å². The molecular formula is C12H20O. The third-order valence-corrected chi connectivity index (χ3v) is 1.67. The van der Waals surface area contributed by atoms with E-state index in [9.17, 15) is 0 Å². The SMILES string of the molecule is CCCC=CCCC=CCC=CO. The van der Waals surface area contributed by atoms with Crippen LogP contribution in [0, 0.1) is 0 Å². The Balaban J connectivity index is 3.19. The second-order valence-corrected chi connectivity index (χ2v) is 2.93. The Morgan fingerprint density at radius 2 is 1.46 bits per heavy atom. The van der Waals surface area contributed by atoms with Crippen LogP contribution in [0.5, 0.6) is 0 Å². The van der Waals surface area contributed by atoms with Crippen molar-refractivity contribution in [1.82, 2.24) is 0 Å². The molecule has 0 radical (unpaired) electrons. The summed E-state index contributed by atoms with van der Waals surface area (Å²) in [6, 6.07) is 0. The largest absolute Gasteiger partial charge is 0.516 e. The molecule has 0 aromatic carbocycles. The number of hydrogen-bond acceptors (Lipinski definition) is 1. The average Bonchev–Trinajstić information content (AvgIpc) is 2.16. The number of unbranched alkanes of at least 4 members (excludes halogenated alkanes) is 2. The zero-order chi connectivity index (χ0) is 9.78. The lowest BCUT2D eigenvalue weighted by Crippen LogP contribution is -1.66. The second kappa shape index (κ2) is 11.0. The Hall–Kier alpha value is -0.980. The highest BCUT2D eigenvalue weighted by Gasteiger charge is 1.76. The van der Waals surface area contributed by atoms with Gasteiger partial charge in [-0.25, -0.2) is 0 Å². The fraction of sp³-hybridized carbons (Fsp3) is 0.500. The van der Waals surface area contributed by atoms with Crippen LogP contribution < -0.4 is 0 Å². The number of aliphatic hydroxyl groups excluding tert-OH is 1. The van der Waals surface area contributed by atoms with Crippen LogP contribution in [0.25, 0.3) is 0 Å². The molecule has 13 heavy (non-hydrogen) atoms. The van der Waals surface area contributed by atoms with E-state index in [4.69, 9.17) is 5.11 Å². The Labute approximate surface area is 81.5 Å². The predicted molar refractivity (Wildman–Crippen MR) is 58.8 cm³/mol. The summed E-state index contributed by atoms with van der Waals surface area (Å²) in [5.41, 5.74) is 0. The first-order valence-electron chi connectivity index (χ1n) is 5.01. The van der Waals surface area contributed by atoms with Crippen LogP contribution in [-0.2, 0) is 0 Å².